The first-order valence-electron chi connectivity index (χ1n) is 16.0. The summed E-state index contributed by atoms with van der Waals surface area (Å²) < 4.78 is 2.42. The fraction of sp³-hybridized carbons (Fsp3) is 0.375. The first kappa shape index (κ1) is 28.6. The van der Waals surface area contributed by atoms with Crippen molar-refractivity contribution in [2.24, 2.45) is 5.41 Å². The Balaban J connectivity index is 1.55. The summed E-state index contributed by atoms with van der Waals surface area (Å²) in [6.45, 7) is 19.1. The van der Waals surface area contributed by atoms with E-state index < -0.39 is 0 Å². The van der Waals surface area contributed by atoms with Gasteiger partial charge in [0.2, 0.25) is 0 Å². The maximum Gasteiger partial charge on any atom is 0.0994 e. The number of nitrogens with zero attached hydrogens (tertiary/aromatic N) is 2. The second kappa shape index (κ2) is 10.6. The van der Waals surface area contributed by atoms with Gasteiger partial charge >= 0.3 is 0 Å². The van der Waals surface area contributed by atoms with Gasteiger partial charge in [-0.25, -0.2) is 0 Å². The lowest BCUT2D eigenvalue weighted by atomic mass is 9.71. The molecule has 5 aromatic rings. The van der Waals surface area contributed by atoms with Gasteiger partial charge in [0.05, 0.1) is 17.1 Å². The van der Waals surface area contributed by atoms with Crippen LogP contribution in [-0.2, 0) is 0 Å². The average Bonchev–Trinajstić information content (AvgIpc) is 3.45. The number of para-hydroxylation sites is 3. The molecule has 0 bridgehead atoms. The molecule has 0 aliphatic carbocycles. The Morgan fingerprint density at radius 3 is 1.62 bits per heavy atom. The maximum atomic E-state index is 2.78. The van der Waals surface area contributed by atoms with Gasteiger partial charge in [0, 0.05) is 33.1 Å². The highest BCUT2D eigenvalue weighted by Crippen LogP contribution is 2.60. The zero-order valence-corrected chi connectivity index (χ0v) is 26.8. The minimum atomic E-state index is 0.00148. The van der Waals surface area contributed by atoms with Gasteiger partial charge in [0.1, 0.15) is 0 Å². The monoisotopic (exact) mass is 555 g/mol. The Morgan fingerprint density at radius 1 is 0.643 bits per heavy atom. The number of hydrogen-bond acceptors (Lipinski definition) is 1. The molecule has 1 radical (unpaired) electrons. The number of aromatic nitrogens is 1. The molecular formula is C40H47N2. The van der Waals surface area contributed by atoms with Gasteiger partial charge in [-0.15, -0.1) is 0 Å². The molecule has 0 saturated carbocycles. The van der Waals surface area contributed by atoms with E-state index in [4.69, 9.17) is 0 Å². The summed E-state index contributed by atoms with van der Waals surface area (Å²) in [7, 11) is 0. The van der Waals surface area contributed by atoms with Crippen LogP contribution in [0.1, 0.15) is 103 Å². The first-order valence-corrected chi connectivity index (χ1v) is 16.0. The second-order valence-electron chi connectivity index (χ2n) is 13.7. The van der Waals surface area contributed by atoms with Gasteiger partial charge in [-0.1, -0.05) is 108 Å². The lowest BCUT2D eigenvalue weighted by Gasteiger charge is -2.43. The van der Waals surface area contributed by atoms with E-state index >= 15 is 0 Å². The zero-order chi connectivity index (χ0) is 29.8. The number of benzene rings is 4. The molecule has 1 aliphatic heterocycles. The SMILES string of the molecule is CCC1(CC)CC(C)(C)N(c2c(C(C)C)cccc2C(C)C)[C]1c1ccc(-n2c3ccccc3c3ccccc32)cc1. The van der Waals surface area contributed by atoms with Crippen LogP contribution in [0, 0.1) is 11.5 Å². The third-order valence-electron chi connectivity index (χ3n) is 10.0. The highest BCUT2D eigenvalue weighted by molar-refractivity contribution is 6.09. The predicted octanol–water partition coefficient (Wildman–Crippen LogP) is 11.4. The van der Waals surface area contributed by atoms with E-state index in [1.54, 1.807) is 0 Å². The minimum absolute atomic E-state index is 0.00148. The lowest BCUT2D eigenvalue weighted by Crippen LogP contribution is -2.42. The summed E-state index contributed by atoms with van der Waals surface area (Å²) in [6, 6.07) is 35.5. The Morgan fingerprint density at radius 2 is 1.14 bits per heavy atom. The zero-order valence-electron chi connectivity index (χ0n) is 26.8. The average molecular weight is 556 g/mol. The van der Waals surface area contributed by atoms with Crippen LogP contribution in [0.5, 0.6) is 0 Å². The molecule has 6 rings (SSSR count). The van der Waals surface area contributed by atoms with Crippen molar-refractivity contribution < 1.29 is 0 Å². The summed E-state index contributed by atoms with van der Waals surface area (Å²) >= 11 is 0. The third kappa shape index (κ3) is 4.37. The smallest absolute Gasteiger partial charge is 0.0994 e. The van der Waals surface area contributed by atoms with Crippen LogP contribution in [0.4, 0.5) is 5.69 Å². The largest absolute Gasteiger partial charge is 0.353 e. The van der Waals surface area contributed by atoms with Crippen LogP contribution in [-0.4, -0.2) is 10.1 Å². The van der Waals surface area contributed by atoms with Gasteiger partial charge in [-0.05, 0) is 85.9 Å². The second-order valence-corrected chi connectivity index (χ2v) is 13.7. The van der Waals surface area contributed by atoms with Crippen molar-refractivity contribution in [3.8, 4) is 5.69 Å². The van der Waals surface area contributed by atoms with Gasteiger partial charge in [-0.3, -0.25) is 0 Å². The molecule has 0 atom stereocenters. The van der Waals surface area contributed by atoms with E-state index in [1.165, 1.54) is 55.9 Å². The van der Waals surface area contributed by atoms with Crippen molar-refractivity contribution in [1.29, 1.82) is 0 Å². The molecule has 0 amide bonds. The number of anilines is 1. The van der Waals surface area contributed by atoms with E-state index in [1.807, 2.05) is 0 Å². The quantitative estimate of drug-likeness (QED) is 0.194. The molecule has 0 N–H and O–H groups in total. The van der Waals surface area contributed by atoms with Crippen molar-refractivity contribution in [3.05, 3.63) is 114 Å². The van der Waals surface area contributed by atoms with E-state index in [2.05, 4.69) is 156 Å². The molecule has 0 unspecified atom stereocenters. The first-order chi connectivity index (χ1) is 20.1. The molecule has 2 heteroatoms. The van der Waals surface area contributed by atoms with Gasteiger partial charge in [0.25, 0.3) is 0 Å². The Bertz CT molecular complexity index is 1630. The minimum Gasteiger partial charge on any atom is -0.353 e. The van der Waals surface area contributed by atoms with Crippen LogP contribution < -0.4 is 4.90 Å². The van der Waals surface area contributed by atoms with Crippen molar-refractivity contribution in [2.75, 3.05) is 4.90 Å². The molecule has 1 fully saturated rings. The molecule has 42 heavy (non-hydrogen) atoms. The number of hydrogen-bond donors (Lipinski definition) is 0. The molecule has 0 spiro atoms. The van der Waals surface area contributed by atoms with Crippen molar-refractivity contribution in [1.82, 2.24) is 4.57 Å². The summed E-state index contributed by atoms with van der Waals surface area (Å²) in [4.78, 5) is 2.78. The normalized spacial score (nSPS) is 16.9. The van der Waals surface area contributed by atoms with Crippen LogP contribution in [0.25, 0.3) is 27.5 Å². The topological polar surface area (TPSA) is 8.17 Å². The van der Waals surface area contributed by atoms with Crippen LogP contribution in [0.2, 0.25) is 0 Å². The van der Waals surface area contributed by atoms with E-state index in [0.717, 1.165) is 19.3 Å². The number of rotatable bonds is 7. The highest BCUT2D eigenvalue weighted by atomic mass is 15.3. The summed E-state index contributed by atoms with van der Waals surface area (Å²) in [5.74, 6) is 0.901. The molecule has 1 aliphatic rings. The predicted molar refractivity (Wildman–Crippen MR) is 182 cm³/mol. The van der Waals surface area contributed by atoms with E-state index in [-0.39, 0.29) is 11.0 Å². The highest BCUT2D eigenvalue weighted by Gasteiger charge is 2.56. The lowest BCUT2D eigenvalue weighted by molar-refractivity contribution is 0.284. The van der Waals surface area contributed by atoms with E-state index in [9.17, 15) is 0 Å². The van der Waals surface area contributed by atoms with Crippen molar-refractivity contribution in [2.45, 2.75) is 92.0 Å². The molecule has 1 aromatic heterocycles. The van der Waals surface area contributed by atoms with Gasteiger partial charge in [0.15, 0.2) is 0 Å². The van der Waals surface area contributed by atoms with Crippen molar-refractivity contribution in [3.63, 3.8) is 0 Å². The Kier molecular flexibility index (Phi) is 7.24. The summed E-state index contributed by atoms with van der Waals surface area (Å²) in [5, 5.41) is 2.61. The van der Waals surface area contributed by atoms with Gasteiger partial charge in [-0.2, -0.15) is 0 Å². The van der Waals surface area contributed by atoms with Crippen LogP contribution in [0.15, 0.2) is 91.0 Å². The van der Waals surface area contributed by atoms with Crippen LogP contribution >= 0.6 is 0 Å². The summed E-state index contributed by atoms with van der Waals surface area (Å²) in [6.07, 6.45) is 3.42. The molecule has 217 valence electrons. The summed E-state index contributed by atoms with van der Waals surface area (Å²) in [5.41, 5.74) is 9.55. The molecule has 2 nitrogen and oxygen atoms in total. The maximum absolute atomic E-state index is 2.78. The van der Waals surface area contributed by atoms with Gasteiger partial charge < -0.3 is 9.47 Å². The molecule has 2 heterocycles. The van der Waals surface area contributed by atoms with Crippen molar-refractivity contribution >= 4 is 27.5 Å². The molecular weight excluding hydrogens is 508 g/mol. The standard InChI is InChI=1S/C40H47N2/c1-9-40(10-2)26-39(7,8)42(37-31(27(3)4)18-15-19-32(37)28(5)6)38(40)29-22-24-30(25-23-29)41-35-20-13-11-16-33(35)34-17-12-14-21-36(34)41/h11-25,27-28H,9-10,26H2,1-8H3. The third-order valence-corrected chi connectivity index (χ3v) is 10.0. The Hall–Kier alpha value is -3.52. The fourth-order valence-corrected chi connectivity index (χ4v) is 7.95. The fourth-order valence-electron chi connectivity index (χ4n) is 7.95. The number of fused-ring (bicyclic) bond motifs is 3. The van der Waals surface area contributed by atoms with E-state index in [0.29, 0.717) is 11.8 Å². The Labute approximate surface area is 253 Å². The molecule has 4 aromatic carbocycles. The van der Waals surface area contributed by atoms with Crippen LogP contribution in [0.3, 0.4) is 0 Å². The molecule has 1 saturated heterocycles.